The second kappa shape index (κ2) is 5.47. The Morgan fingerprint density at radius 3 is 2.45 bits per heavy atom. The molecule has 0 aliphatic heterocycles. The highest BCUT2D eigenvalue weighted by atomic mass is 35.5. The molecule has 0 aliphatic rings. The van der Waals surface area contributed by atoms with E-state index < -0.39 is 0 Å². The van der Waals surface area contributed by atoms with E-state index in [0.717, 1.165) is 11.3 Å². The number of hydrogen-bond acceptors (Lipinski definition) is 1. The summed E-state index contributed by atoms with van der Waals surface area (Å²) in [5.74, 6) is -0.491. The van der Waals surface area contributed by atoms with Crippen LogP contribution in [0.15, 0.2) is 61.1 Å². The molecule has 100 valence electrons. The van der Waals surface area contributed by atoms with Crippen LogP contribution in [0.5, 0.6) is 0 Å². The SMILES string of the molecule is Fc1ccccc1C(c1ccc(Cl)cc1)c1c[nH]cn1. The number of halogens is 2. The topological polar surface area (TPSA) is 28.7 Å². The van der Waals surface area contributed by atoms with Crippen LogP contribution < -0.4 is 0 Å². The molecule has 1 heterocycles. The molecule has 0 saturated heterocycles. The highest BCUT2D eigenvalue weighted by Crippen LogP contribution is 2.32. The molecule has 0 radical (unpaired) electrons. The van der Waals surface area contributed by atoms with Gasteiger partial charge in [-0.2, -0.15) is 0 Å². The maximum atomic E-state index is 14.1. The number of aromatic amines is 1. The summed E-state index contributed by atoms with van der Waals surface area (Å²) in [7, 11) is 0. The zero-order valence-corrected chi connectivity index (χ0v) is 11.3. The van der Waals surface area contributed by atoms with Crippen LogP contribution in [-0.2, 0) is 0 Å². The molecule has 20 heavy (non-hydrogen) atoms. The Hall–Kier alpha value is -2.13. The lowest BCUT2D eigenvalue weighted by atomic mass is 9.88. The smallest absolute Gasteiger partial charge is 0.127 e. The molecule has 4 heteroatoms. The summed E-state index contributed by atoms with van der Waals surface area (Å²) >= 11 is 5.92. The molecule has 1 aromatic heterocycles. The number of benzene rings is 2. The van der Waals surface area contributed by atoms with Gasteiger partial charge < -0.3 is 4.98 Å². The van der Waals surface area contributed by atoms with Crippen LogP contribution in [0.25, 0.3) is 0 Å². The Labute approximate surface area is 121 Å². The second-order valence-corrected chi connectivity index (χ2v) is 4.94. The minimum atomic E-state index is -0.250. The third kappa shape index (κ3) is 2.45. The van der Waals surface area contributed by atoms with Crippen molar-refractivity contribution >= 4 is 11.6 Å². The lowest BCUT2D eigenvalue weighted by Crippen LogP contribution is -2.06. The van der Waals surface area contributed by atoms with Crippen LogP contribution in [0.4, 0.5) is 4.39 Å². The van der Waals surface area contributed by atoms with Crippen molar-refractivity contribution in [1.29, 1.82) is 0 Å². The molecule has 3 aromatic rings. The van der Waals surface area contributed by atoms with Gasteiger partial charge in [0.15, 0.2) is 0 Å². The zero-order valence-electron chi connectivity index (χ0n) is 10.6. The Balaban J connectivity index is 2.14. The molecule has 1 atom stereocenters. The van der Waals surface area contributed by atoms with Crippen LogP contribution in [0, 0.1) is 5.82 Å². The summed E-state index contributed by atoms with van der Waals surface area (Å²) in [5, 5.41) is 0.656. The van der Waals surface area contributed by atoms with Crippen molar-refractivity contribution in [3.63, 3.8) is 0 Å². The average molecular weight is 287 g/mol. The zero-order chi connectivity index (χ0) is 13.9. The highest BCUT2D eigenvalue weighted by molar-refractivity contribution is 6.30. The summed E-state index contributed by atoms with van der Waals surface area (Å²) in [6.07, 6.45) is 3.38. The number of aromatic nitrogens is 2. The number of imidazole rings is 1. The Morgan fingerprint density at radius 2 is 1.80 bits per heavy atom. The van der Waals surface area contributed by atoms with Gasteiger partial charge >= 0.3 is 0 Å². The minimum Gasteiger partial charge on any atom is -0.351 e. The molecular formula is C16H12ClFN2. The van der Waals surface area contributed by atoms with Gasteiger partial charge in [0.1, 0.15) is 5.82 Å². The second-order valence-electron chi connectivity index (χ2n) is 4.50. The van der Waals surface area contributed by atoms with Gasteiger partial charge in [0.2, 0.25) is 0 Å². The van der Waals surface area contributed by atoms with Gasteiger partial charge in [0.25, 0.3) is 0 Å². The molecule has 2 aromatic carbocycles. The predicted molar refractivity (Wildman–Crippen MR) is 77.4 cm³/mol. The van der Waals surface area contributed by atoms with Gasteiger partial charge in [-0.3, -0.25) is 0 Å². The number of nitrogens with one attached hydrogen (secondary N) is 1. The Morgan fingerprint density at radius 1 is 1.05 bits per heavy atom. The quantitative estimate of drug-likeness (QED) is 0.760. The summed E-state index contributed by atoms with van der Waals surface area (Å²) in [4.78, 5) is 7.20. The van der Waals surface area contributed by atoms with Crippen LogP contribution >= 0.6 is 11.6 Å². The van der Waals surface area contributed by atoms with Crippen LogP contribution in [-0.4, -0.2) is 9.97 Å². The Kier molecular flexibility index (Phi) is 3.52. The van der Waals surface area contributed by atoms with E-state index in [2.05, 4.69) is 9.97 Å². The number of rotatable bonds is 3. The van der Waals surface area contributed by atoms with E-state index in [1.54, 1.807) is 36.8 Å². The molecule has 0 saturated carbocycles. The lowest BCUT2D eigenvalue weighted by molar-refractivity contribution is 0.605. The monoisotopic (exact) mass is 286 g/mol. The summed E-state index contributed by atoms with van der Waals surface area (Å²) in [6.45, 7) is 0. The molecule has 0 fully saturated rings. The third-order valence-corrected chi connectivity index (χ3v) is 3.49. The van der Waals surface area contributed by atoms with Crippen molar-refractivity contribution in [3.8, 4) is 0 Å². The molecule has 3 rings (SSSR count). The van der Waals surface area contributed by atoms with E-state index in [4.69, 9.17) is 11.6 Å². The molecular weight excluding hydrogens is 275 g/mol. The van der Waals surface area contributed by atoms with E-state index in [0.29, 0.717) is 10.6 Å². The first kappa shape index (κ1) is 12.9. The van der Waals surface area contributed by atoms with Gasteiger partial charge in [-0.15, -0.1) is 0 Å². The normalized spacial score (nSPS) is 12.3. The van der Waals surface area contributed by atoms with Crippen molar-refractivity contribution in [1.82, 2.24) is 9.97 Å². The fourth-order valence-corrected chi connectivity index (χ4v) is 2.43. The molecule has 0 spiro atoms. The van der Waals surface area contributed by atoms with Gasteiger partial charge in [-0.25, -0.2) is 9.37 Å². The number of nitrogens with zero attached hydrogens (tertiary/aromatic N) is 1. The third-order valence-electron chi connectivity index (χ3n) is 3.23. The highest BCUT2D eigenvalue weighted by Gasteiger charge is 2.21. The van der Waals surface area contributed by atoms with E-state index in [1.807, 2.05) is 18.2 Å². The first-order valence-corrected chi connectivity index (χ1v) is 6.62. The van der Waals surface area contributed by atoms with Gasteiger partial charge in [-0.1, -0.05) is 41.9 Å². The van der Waals surface area contributed by atoms with Crippen LogP contribution in [0.1, 0.15) is 22.7 Å². The first-order chi connectivity index (χ1) is 9.75. The van der Waals surface area contributed by atoms with Gasteiger partial charge in [0.05, 0.1) is 17.9 Å². The largest absolute Gasteiger partial charge is 0.351 e. The van der Waals surface area contributed by atoms with Gasteiger partial charge in [-0.05, 0) is 23.8 Å². The van der Waals surface area contributed by atoms with Crippen molar-refractivity contribution in [2.75, 3.05) is 0 Å². The predicted octanol–water partition coefficient (Wildman–Crippen LogP) is 4.38. The summed E-state index contributed by atoms with van der Waals surface area (Å²) in [5.41, 5.74) is 2.32. The molecule has 0 amide bonds. The van der Waals surface area contributed by atoms with E-state index in [-0.39, 0.29) is 11.7 Å². The molecule has 1 unspecified atom stereocenters. The summed E-state index contributed by atoms with van der Waals surface area (Å²) in [6, 6.07) is 14.2. The first-order valence-electron chi connectivity index (χ1n) is 6.24. The standard InChI is InChI=1S/C16H12ClFN2/c17-12-7-5-11(6-8-12)16(15-9-19-10-20-15)13-3-1-2-4-14(13)18/h1-10,16H,(H,19,20). The molecule has 0 aliphatic carbocycles. The van der Waals surface area contributed by atoms with Crippen LogP contribution in [0.2, 0.25) is 5.02 Å². The molecule has 1 N–H and O–H groups in total. The van der Waals surface area contributed by atoms with Crippen molar-refractivity contribution < 1.29 is 4.39 Å². The van der Waals surface area contributed by atoms with Crippen LogP contribution in [0.3, 0.4) is 0 Å². The van der Waals surface area contributed by atoms with Crippen molar-refractivity contribution in [2.45, 2.75) is 5.92 Å². The fraction of sp³-hybridized carbons (Fsp3) is 0.0625. The van der Waals surface area contributed by atoms with E-state index >= 15 is 0 Å². The maximum Gasteiger partial charge on any atom is 0.127 e. The lowest BCUT2D eigenvalue weighted by Gasteiger charge is -2.16. The minimum absolute atomic E-state index is 0.240. The average Bonchev–Trinajstić information content (AvgIpc) is 2.97. The number of H-pyrrole nitrogens is 1. The fourth-order valence-electron chi connectivity index (χ4n) is 2.30. The van der Waals surface area contributed by atoms with Gasteiger partial charge in [0, 0.05) is 16.8 Å². The number of hydrogen-bond donors (Lipinski definition) is 1. The Bertz CT molecular complexity index is 693. The maximum absolute atomic E-state index is 14.1. The van der Waals surface area contributed by atoms with E-state index in [1.165, 1.54) is 6.07 Å². The molecule has 2 nitrogen and oxygen atoms in total. The van der Waals surface area contributed by atoms with E-state index in [9.17, 15) is 4.39 Å². The van der Waals surface area contributed by atoms with Crippen molar-refractivity contribution in [3.05, 3.63) is 88.7 Å². The van der Waals surface area contributed by atoms with Crippen molar-refractivity contribution in [2.24, 2.45) is 0 Å². The molecule has 0 bridgehead atoms. The summed E-state index contributed by atoms with van der Waals surface area (Å²) < 4.78 is 14.1.